The number of carbonyl (C=O) groups is 1. The van der Waals surface area contributed by atoms with Gasteiger partial charge in [-0.2, -0.15) is 0 Å². The second-order valence-corrected chi connectivity index (χ2v) is 9.23. The Morgan fingerprint density at radius 1 is 1.06 bits per heavy atom. The maximum atomic E-state index is 13.1. The molecule has 1 saturated heterocycles. The van der Waals surface area contributed by atoms with Crippen LogP contribution in [-0.4, -0.2) is 37.1 Å². The van der Waals surface area contributed by atoms with Gasteiger partial charge in [-0.15, -0.1) is 0 Å². The van der Waals surface area contributed by atoms with Crippen LogP contribution in [0.4, 0.5) is 5.69 Å². The van der Waals surface area contributed by atoms with E-state index in [0.29, 0.717) is 5.11 Å². The second-order valence-electron chi connectivity index (χ2n) is 8.85. The summed E-state index contributed by atoms with van der Waals surface area (Å²) in [7, 11) is 0. The summed E-state index contributed by atoms with van der Waals surface area (Å²) in [5.74, 6) is 0.0713. The first-order valence-electron chi connectivity index (χ1n) is 11.7. The van der Waals surface area contributed by atoms with Gasteiger partial charge in [-0.1, -0.05) is 24.3 Å². The van der Waals surface area contributed by atoms with Crippen LogP contribution in [0.15, 0.2) is 85.1 Å². The van der Waals surface area contributed by atoms with E-state index >= 15 is 0 Å². The lowest BCUT2D eigenvalue weighted by molar-refractivity contribution is -0.116. The number of thiocarbonyl (C=S) groups is 1. The van der Waals surface area contributed by atoms with Crippen molar-refractivity contribution in [2.75, 3.05) is 11.9 Å². The molecule has 5 rings (SSSR count). The van der Waals surface area contributed by atoms with E-state index in [1.54, 1.807) is 18.3 Å². The Morgan fingerprint density at radius 2 is 1.78 bits per heavy atom. The molecule has 1 amide bonds. The number of rotatable bonds is 6. The first-order valence-corrected chi connectivity index (χ1v) is 12.1. The number of aromatic nitrogens is 2. The molecule has 2 aromatic heterocycles. The molecule has 3 N–H and O–H groups in total. The van der Waals surface area contributed by atoms with Crippen LogP contribution in [-0.2, 0) is 4.79 Å². The van der Waals surface area contributed by atoms with Crippen LogP contribution < -0.4 is 10.6 Å². The molecule has 1 fully saturated rings. The van der Waals surface area contributed by atoms with Crippen molar-refractivity contribution < 1.29 is 9.90 Å². The zero-order chi connectivity index (χ0) is 25.2. The van der Waals surface area contributed by atoms with E-state index in [1.165, 1.54) is 0 Å². The molecule has 1 aliphatic rings. The van der Waals surface area contributed by atoms with Crippen LogP contribution in [0.25, 0.3) is 5.69 Å². The first-order chi connectivity index (χ1) is 17.4. The third kappa shape index (κ3) is 4.55. The number of nitrogens with zero attached hydrogens (tertiary/aromatic N) is 3. The van der Waals surface area contributed by atoms with Gasteiger partial charge in [0.2, 0.25) is 5.91 Å². The number of aromatic hydroxyl groups is 1. The van der Waals surface area contributed by atoms with Gasteiger partial charge in [0.25, 0.3) is 0 Å². The number of para-hydroxylation sites is 1. The van der Waals surface area contributed by atoms with Crippen molar-refractivity contribution in [1.29, 1.82) is 0 Å². The van der Waals surface area contributed by atoms with Gasteiger partial charge in [-0.25, -0.2) is 0 Å². The molecule has 2 atom stereocenters. The minimum atomic E-state index is -0.244. The predicted octanol–water partition coefficient (Wildman–Crippen LogP) is 4.81. The summed E-state index contributed by atoms with van der Waals surface area (Å²) in [6.07, 6.45) is 1.77. The van der Waals surface area contributed by atoms with Crippen molar-refractivity contribution in [3.05, 3.63) is 108 Å². The Bertz CT molecular complexity index is 1390. The molecule has 3 heterocycles. The highest BCUT2D eigenvalue weighted by molar-refractivity contribution is 7.80. The van der Waals surface area contributed by atoms with E-state index in [2.05, 4.69) is 33.2 Å². The Labute approximate surface area is 215 Å². The van der Waals surface area contributed by atoms with Crippen LogP contribution >= 0.6 is 12.2 Å². The number of benzene rings is 2. The third-order valence-electron chi connectivity index (χ3n) is 6.47. The quantitative estimate of drug-likeness (QED) is 0.332. The molecule has 1 aliphatic heterocycles. The predicted molar refractivity (Wildman–Crippen MR) is 144 cm³/mol. The van der Waals surface area contributed by atoms with Crippen LogP contribution in [0.5, 0.6) is 5.75 Å². The number of aryl methyl sites for hydroxylation is 1. The monoisotopic (exact) mass is 497 g/mol. The molecule has 0 saturated carbocycles. The molecule has 182 valence electrons. The Morgan fingerprint density at radius 3 is 2.47 bits per heavy atom. The number of nitrogens with one attached hydrogen (secondary N) is 2. The van der Waals surface area contributed by atoms with Crippen LogP contribution in [0.2, 0.25) is 0 Å². The molecular formula is C28H27N5O2S. The molecule has 8 heteroatoms. The molecule has 7 nitrogen and oxygen atoms in total. The average molecular weight is 498 g/mol. The summed E-state index contributed by atoms with van der Waals surface area (Å²) < 4.78 is 2.15. The van der Waals surface area contributed by atoms with Crippen LogP contribution in [0, 0.1) is 13.8 Å². The number of hydrogen-bond donors (Lipinski definition) is 3. The second kappa shape index (κ2) is 9.83. The van der Waals surface area contributed by atoms with Gasteiger partial charge in [-0.05, 0) is 86.2 Å². The van der Waals surface area contributed by atoms with Crippen LogP contribution in [0.3, 0.4) is 0 Å². The van der Waals surface area contributed by atoms with Gasteiger partial charge in [0, 0.05) is 29.0 Å². The largest absolute Gasteiger partial charge is 0.508 e. The number of amides is 1. The SMILES string of the molecule is Cc1cc([C@H]2[C@@H](c3ccccn3)NC(=S)N2CC(=O)Nc2ccccc2)c(C)n1-c1ccc(O)cc1. The number of anilines is 1. The maximum absolute atomic E-state index is 13.1. The van der Waals surface area contributed by atoms with Gasteiger partial charge in [0.15, 0.2) is 5.11 Å². The van der Waals surface area contributed by atoms with E-state index in [4.69, 9.17) is 12.2 Å². The topological polar surface area (TPSA) is 82.4 Å². The van der Waals surface area contributed by atoms with Crippen LogP contribution in [0.1, 0.15) is 34.7 Å². The van der Waals surface area contributed by atoms with Crippen molar-refractivity contribution in [2.24, 2.45) is 0 Å². The fourth-order valence-electron chi connectivity index (χ4n) is 4.88. The Balaban J connectivity index is 1.53. The highest BCUT2D eigenvalue weighted by Crippen LogP contribution is 2.41. The average Bonchev–Trinajstić information content (AvgIpc) is 3.35. The summed E-state index contributed by atoms with van der Waals surface area (Å²) in [6.45, 7) is 4.21. The normalized spacial score (nSPS) is 17.2. The standard InChI is InChI=1S/C28H27N5O2S/c1-18-16-23(19(2)33(18)21-11-13-22(34)14-12-21)27-26(24-10-6-7-15-29-24)31-28(36)32(27)17-25(35)30-20-8-4-3-5-9-20/h3-16,26-27,34H,17H2,1-2H3,(H,30,35)(H,31,36)/t26-,27+/m1/s1. The Hall–Kier alpha value is -4.17. The zero-order valence-corrected chi connectivity index (χ0v) is 20.9. The minimum Gasteiger partial charge on any atom is -0.508 e. The molecule has 0 radical (unpaired) electrons. The van der Waals surface area contributed by atoms with Crippen molar-refractivity contribution in [3.8, 4) is 11.4 Å². The van der Waals surface area contributed by atoms with Crippen molar-refractivity contribution in [1.82, 2.24) is 19.8 Å². The van der Waals surface area contributed by atoms with E-state index < -0.39 is 0 Å². The first kappa shape index (κ1) is 23.6. The lowest BCUT2D eigenvalue weighted by atomic mass is 9.96. The summed E-state index contributed by atoms with van der Waals surface area (Å²) in [5, 5.41) is 16.6. The lowest BCUT2D eigenvalue weighted by Gasteiger charge is -2.27. The summed E-state index contributed by atoms with van der Waals surface area (Å²) >= 11 is 5.74. The molecule has 0 spiro atoms. The molecule has 2 aromatic carbocycles. The fourth-order valence-corrected chi connectivity index (χ4v) is 5.18. The van der Waals surface area contributed by atoms with Crippen molar-refractivity contribution >= 4 is 28.9 Å². The molecule has 0 aliphatic carbocycles. The summed E-state index contributed by atoms with van der Waals surface area (Å²) in [6, 6.07) is 24.0. The van der Waals surface area contributed by atoms with E-state index in [0.717, 1.165) is 34.0 Å². The molecule has 4 aromatic rings. The van der Waals surface area contributed by atoms with E-state index in [-0.39, 0.29) is 30.3 Å². The van der Waals surface area contributed by atoms with Gasteiger partial charge in [0.05, 0.1) is 17.8 Å². The third-order valence-corrected chi connectivity index (χ3v) is 6.82. The highest BCUT2D eigenvalue weighted by atomic mass is 32.1. The highest BCUT2D eigenvalue weighted by Gasteiger charge is 2.42. The zero-order valence-electron chi connectivity index (χ0n) is 20.1. The van der Waals surface area contributed by atoms with E-state index in [9.17, 15) is 9.90 Å². The lowest BCUT2D eigenvalue weighted by Crippen LogP contribution is -2.37. The fraction of sp³-hybridized carbons (Fsp3) is 0.179. The van der Waals surface area contributed by atoms with Gasteiger partial charge in [-0.3, -0.25) is 9.78 Å². The number of hydrogen-bond acceptors (Lipinski definition) is 4. The van der Waals surface area contributed by atoms with Gasteiger partial charge in [0.1, 0.15) is 12.3 Å². The maximum Gasteiger partial charge on any atom is 0.244 e. The van der Waals surface area contributed by atoms with Crippen molar-refractivity contribution in [2.45, 2.75) is 25.9 Å². The molecule has 0 unspecified atom stereocenters. The molecule has 36 heavy (non-hydrogen) atoms. The Kier molecular flexibility index (Phi) is 6.43. The molecule has 0 bridgehead atoms. The smallest absolute Gasteiger partial charge is 0.244 e. The van der Waals surface area contributed by atoms with Gasteiger partial charge < -0.3 is 25.2 Å². The van der Waals surface area contributed by atoms with Crippen molar-refractivity contribution in [3.63, 3.8) is 0 Å². The summed E-state index contributed by atoms with van der Waals surface area (Å²) in [5.41, 5.74) is 5.67. The summed E-state index contributed by atoms with van der Waals surface area (Å²) in [4.78, 5) is 19.6. The van der Waals surface area contributed by atoms with Gasteiger partial charge >= 0.3 is 0 Å². The molecular weight excluding hydrogens is 470 g/mol. The minimum absolute atomic E-state index is 0.0948. The number of pyridine rings is 1. The number of phenols is 1. The van der Waals surface area contributed by atoms with E-state index in [1.807, 2.05) is 72.5 Å². The number of carbonyl (C=O) groups excluding carboxylic acids is 1. The number of phenolic OH excluding ortho intramolecular Hbond substituents is 1.